The molecule has 1 aromatic rings. The van der Waals surface area contributed by atoms with Gasteiger partial charge in [-0.25, -0.2) is 0 Å². The van der Waals surface area contributed by atoms with Crippen molar-refractivity contribution in [1.82, 2.24) is 9.80 Å². The van der Waals surface area contributed by atoms with E-state index in [9.17, 15) is 0 Å². The topological polar surface area (TPSA) is 37.0 Å². The first-order chi connectivity index (χ1) is 10.3. The molecule has 116 valence electrons. The quantitative estimate of drug-likeness (QED) is 0.910. The van der Waals surface area contributed by atoms with Crippen LogP contribution in [0.5, 0.6) is 11.5 Å². The van der Waals surface area contributed by atoms with Gasteiger partial charge in [0.15, 0.2) is 11.5 Å². The minimum Gasteiger partial charge on any atom is -0.490 e. The highest BCUT2D eigenvalue weighted by atomic mass is 16.5. The first-order valence-electron chi connectivity index (χ1n) is 7.86. The summed E-state index contributed by atoms with van der Waals surface area (Å²) in [5, 5.41) is 3.48. The van der Waals surface area contributed by atoms with Gasteiger partial charge in [-0.1, -0.05) is 0 Å². The highest BCUT2D eigenvalue weighted by molar-refractivity contribution is 5.55. The second kappa shape index (κ2) is 7.00. The largest absolute Gasteiger partial charge is 0.490 e. The monoisotopic (exact) mass is 291 g/mol. The molecule has 21 heavy (non-hydrogen) atoms. The van der Waals surface area contributed by atoms with E-state index in [0.29, 0.717) is 0 Å². The van der Waals surface area contributed by atoms with Gasteiger partial charge in [-0.2, -0.15) is 0 Å². The second-order valence-corrected chi connectivity index (χ2v) is 5.78. The number of anilines is 1. The summed E-state index contributed by atoms with van der Waals surface area (Å²) in [5.41, 5.74) is 1.10. The van der Waals surface area contributed by atoms with Gasteiger partial charge in [-0.15, -0.1) is 0 Å². The normalized spacial score (nSPS) is 20.0. The summed E-state index contributed by atoms with van der Waals surface area (Å²) in [5.74, 6) is 1.72. The molecular weight excluding hydrogens is 266 g/mol. The molecule has 0 atom stereocenters. The van der Waals surface area contributed by atoms with Crippen LogP contribution in [0.15, 0.2) is 18.2 Å². The van der Waals surface area contributed by atoms with Crippen LogP contribution in [0.3, 0.4) is 0 Å². The van der Waals surface area contributed by atoms with Crippen molar-refractivity contribution in [2.45, 2.75) is 6.42 Å². The minimum atomic E-state index is 0.734. The Labute approximate surface area is 126 Å². The first-order valence-corrected chi connectivity index (χ1v) is 7.86. The van der Waals surface area contributed by atoms with Crippen LogP contribution in [0.2, 0.25) is 0 Å². The molecule has 0 bridgehead atoms. The maximum absolute atomic E-state index is 5.72. The number of nitrogens with zero attached hydrogens (tertiary/aromatic N) is 2. The smallest absolute Gasteiger partial charge is 0.163 e. The van der Waals surface area contributed by atoms with Crippen LogP contribution in [-0.4, -0.2) is 69.3 Å². The summed E-state index contributed by atoms with van der Waals surface area (Å²) >= 11 is 0. The summed E-state index contributed by atoms with van der Waals surface area (Å²) in [7, 11) is 2.19. The zero-order chi connectivity index (χ0) is 14.5. The van der Waals surface area contributed by atoms with E-state index in [1.54, 1.807) is 0 Å². The maximum atomic E-state index is 5.72. The highest BCUT2D eigenvalue weighted by Gasteiger charge is 2.13. The summed E-state index contributed by atoms with van der Waals surface area (Å²) in [4.78, 5) is 4.89. The lowest BCUT2D eigenvalue weighted by Gasteiger charge is -2.32. The van der Waals surface area contributed by atoms with Gasteiger partial charge in [0.25, 0.3) is 0 Å². The van der Waals surface area contributed by atoms with Gasteiger partial charge in [-0.05, 0) is 19.2 Å². The van der Waals surface area contributed by atoms with Gasteiger partial charge in [-0.3, -0.25) is 4.90 Å². The number of nitrogens with one attached hydrogen (secondary N) is 1. The van der Waals surface area contributed by atoms with Crippen LogP contribution in [0.4, 0.5) is 5.69 Å². The molecule has 1 aromatic carbocycles. The van der Waals surface area contributed by atoms with Gasteiger partial charge in [0.05, 0.1) is 13.2 Å². The molecule has 0 amide bonds. The van der Waals surface area contributed by atoms with E-state index in [1.807, 2.05) is 12.1 Å². The van der Waals surface area contributed by atoms with E-state index in [2.05, 4.69) is 28.2 Å². The average molecular weight is 291 g/mol. The number of piperazine rings is 1. The van der Waals surface area contributed by atoms with Crippen molar-refractivity contribution in [2.24, 2.45) is 0 Å². The predicted octanol–water partition coefficient (Wildman–Crippen LogP) is 1.51. The van der Waals surface area contributed by atoms with E-state index >= 15 is 0 Å². The first kappa shape index (κ1) is 14.5. The lowest BCUT2D eigenvalue weighted by Crippen LogP contribution is -2.45. The van der Waals surface area contributed by atoms with Crippen molar-refractivity contribution in [1.29, 1.82) is 0 Å². The molecule has 2 heterocycles. The summed E-state index contributed by atoms with van der Waals surface area (Å²) in [6, 6.07) is 6.11. The van der Waals surface area contributed by atoms with Crippen LogP contribution in [0.1, 0.15) is 6.42 Å². The molecule has 5 nitrogen and oxygen atoms in total. The fourth-order valence-electron chi connectivity index (χ4n) is 2.70. The summed E-state index contributed by atoms with van der Waals surface area (Å²) in [6.45, 7) is 8.19. The second-order valence-electron chi connectivity index (χ2n) is 5.78. The number of likely N-dealkylation sites (N-methyl/N-ethyl adjacent to an activating group) is 1. The van der Waals surface area contributed by atoms with Crippen molar-refractivity contribution in [3.8, 4) is 11.5 Å². The molecule has 1 saturated heterocycles. The third-order valence-corrected chi connectivity index (χ3v) is 4.10. The molecular formula is C16H25N3O2. The van der Waals surface area contributed by atoms with Crippen molar-refractivity contribution in [2.75, 3.05) is 64.8 Å². The number of fused-ring (bicyclic) bond motifs is 1. The molecule has 0 saturated carbocycles. The summed E-state index contributed by atoms with van der Waals surface area (Å²) < 4.78 is 11.4. The Morgan fingerprint density at radius 2 is 1.81 bits per heavy atom. The summed E-state index contributed by atoms with van der Waals surface area (Å²) in [6.07, 6.45) is 0.945. The van der Waals surface area contributed by atoms with Gasteiger partial charge >= 0.3 is 0 Å². The number of ether oxygens (including phenoxy) is 2. The molecule has 5 heteroatoms. The highest BCUT2D eigenvalue weighted by Crippen LogP contribution is 2.32. The third kappa shape index (κ3) is 4.02. The Kier molecular flexibility index (Phi) is 4.83. The minimum absolute atomic E-state index is 0.734. The molecule has 1 fully saturated rings. The number of rotatable bonds is 4. The Bertz CT molecular complexity index is 459. The Morgan fingerprint density at radius 3 is 2.62 bits per heavy atom. The molecule has 0 aromatic heterocycles. The average Bonchev–Trinajstić information content (AvgIpc) is 2.74. The number of hydrogen-bond donors (Lipinski definition) is 1. The van der Waals surface area contributed by atoms with Gasteiger partial charge in [0.2, 0.25) is 0 Å². The molecule has 0 unspecified atom stereocenters. The van der Waals surface area contributed by atoms with Crippen LogP contribution < -0.4 is 14.8 Å². The molecule has 1 N–H and O–H groups in total. The van der Waals surface area contributed by atoms with E-state index in [1.165, 1.54) is 26.2 Å². The number of benzene rings is 1. The standard InChI is InChI=1S/C16H25N3O2/c1-18-7-9-19(10-8-18)6-5-17-14-3-4-15-16(13-14)21-12-2-11-20-15/h3-4,13,17H,2,5-12H2,1H3. The van der Waals surface area contributed by atoms with Gasteiger partial charge in [0.1, 0.15) is 0 Å². The molecule has 0 aliphatic carbocycles. The Balaban J connectivity index is 1.48. The SMILES string of the molecule is CN1CCN(CCNc2ccc3c(c2)OCCCO3)CC1. The van der Waals surface area contributed by atoms with Gasteiger partial charge < -0.3 is 19.7 Å². The fraction of sp³-hybridized carbons (Fsp3) is 0.625. The van der Waals surface area contributed by atoms with Crippen LogP contribution >= 0.6 is 0 Å². The number of hydrogen-bond acceptors (Lipinski definition) is 5. The lowest BCUT2D eigenvalue weighted by atomic mass is 10.2. The molecule has 0 spiro atoms. The molecule has 2 aliphatic rings. The van der Waals surface area contributed by atoms with Crippen LogP contribution in [-0.2, 0) is 0 Å². The van der Waals surface area contributed by atoms with E-state index < -0.39 is 0 Å². The van der Waals surface area contributed by atoms with Gasteiger partial charge in [0, 0.05) is 57.4 Å². The van der Waals surface area contributed by atoms with Crippen molar-refractivity contribution >= 4 is 5.69 Å². The van der Waals surface area contributed by atoms with E-state index in [-0.39, 0.29) is 0 Å². The zero-order valence-corrected chi connectivity index (χ0v) is 12.8. The third-order valence-electron chi connectivity index (χ3n) is 4.10. The Morgan fingerprint density at radius 1 is 1.05 bits per heavy atom. The molecule has 0 radical (unpaired) electrons. The van der Waals surface area contributed by atoms with Crippen LogP contribution in [0.25, 0.3) is 0 Å². The Hall–Kier alpha value is -1.46. The lowest BCUT2D eigenvalue weighted by molar-refractivity contribution is 0.158. The van der Waals surface area contributed by atoms with E-state index in [0.717, 1.165) is 49.9 Å². The van der Waals surface area contributed by atoms with Crippen molar-refractivity contribution in [3.63, 3.8) is 0 Å². The van der Waals surface area contributed by atoms with Crippen molar-refractivity contribution < 1.29 is 9.47 Å². The van der Waals surface area contributed by atoms with E-state index in [4.69, 9.17) is 9.47 Å². The van der Waals surface area contributed by atoms with Crippen LogP contribution in [0, 0.1) is 0 Å². The maximum Gasteiger partial charge on any atom is 0.163 e. The molecule has 3 rings (SSSR count). The zero-order valence-electron chi connectivity index (χ0n) is 12.8. The van der Waals surface area contributed by atoms with Crippen molar-refractivity contribution in [3.05, 3.63) is 18.2 Å². The molecule has 2 aliphatic heterocycles. The predicted molar refractivity (Wildman–Crippen MR) is 84.5 cm³/mol. The fourth-order valence-corrected chi connectivity index (χ4v) is 2.70.